The first-order valence-corrected chi connectivity index (χ1v) is 10.1. The first-order chi connectivity index (χ1) is 11.2. The van der Waals surface area contributed by atoms with Crippen LogP contribution in [-0.2, 0) is 9.53 Å². The molecule has 2 aliphatic heterocycles. The summed E-state index contributed by atoms with van der Waals surface area (Å²) < 4.78 is 6.42. The minimum absolute atomic E-state index is 0.214. The van der Waals surface area contributed by atoms with E-state index in [9.17, 15) is 4.79 Å². The number of nitrogens with one attached hydrogen (secondary N) is 1. The van der Waals surface area contributed by atoms with Crippen LogP contribution in [0.4, 0.5) is 5.13 Å². The molecule has 2 saturated heterocycles. The van der Waals surface area contributed by atoms with Gasteiger partial charge in [-0.1, -0.05) is 23.1 Å². The van der Waals surface area contributed by atoms with E-state index in [0.717, 1.165) is 54.9 Å². The standard InChI is InChI=1S/C15H24N4O2S2/c1-11-5-2-3-7-19(11)13(20)10-22-15-18-17-14(23-15)16-9-12-6-4-8-21-12/h11-12H,2-10H2,1H3,(H,16,17)/t11-,12-/m1/s1. The Labute approximate surface area is 145 Å². The molecule has 2 aliphatic rings. The van der Waals surface area contributed by atoms with Gasteiger partial charge >= 0.3 is 0 Å². The number of anilines is 1. The van der Waals surface area contributed by atoms with E-state index < -0.39 is 0 Å². The van der Waals surface area contributed by atoms with Gasteiger partial charge in [-0.2, -0.15) is 0 Å². The smallest absolute Gasteiger partial charge is 0.233 e. The fraction of sp³-hybridized carbons (Fsp3) is 0.800. The average Bonchev–Trinajstić information content (AvgIpc) is 3.22. The number of hydrogen-bond donors (Lipinski definition) is 1. The Bertz CT molecular complexity index is 519. The predicted molar refractivity (Wildman–Crippen MR) is 93.1 cm³/mol. The third kappa shape index (κ3) is 4.81. The number of rotatable bonds is 6. The van der Waals surface area contributed by atoms with Crippen LogP contribution in [0.2, 0.25) is 0 Å². The summed E-state index contributed by atoms with van der Waals surface area (Å²) in [7, 11) is 0. The van der Waals surface area contributed by atoms with Crippen LogP contribution in [0.25, 0.3) is 0 Å². The van der Waals surface area contributed by atoms with Crippen LogP contribution in [0, 0.1) is 0 Å². The van der Waals surface area contributed by atoms with E-state index in [1.54, 1.807) is 0 Å². The number of likely N-dealkylation sites (tertiary alicyclic amines) is 1. The molecule has 1 aromatic heterocycles. The van der Waals surface area contributed by atoms with E-state index in [4.69, 9.17) is 4.74 Å². The van der Waals surface area contributed by atoms with Crippen molar-refractivity contribution in [3.63, 3.8) is 0 Å². The van der Waals surface area contributed by atoms with Crippen molar-refractivity contribution in [2.45, 2.75) is 55.5 Å². The molecule has 0 radical (unpaired) electrons. The molecule has 0 unspecified atom stereocenters. The number of ether oxygens (including phenoxy) is 1. The zero-order valence-corrected chi connectivity index (χ0v) is 15.1. The van der Waals surface area contributed by atoms with Crippen LogP contribution in [0.5, 0.6) is 0 Å². The van der Waals surface area contributed by atoms with Crippen LogP contribution < -0.4 is 5.32 Å². The van der Waals surface area contributed by atoms with Gasteiger partial charge in [0.2, 0.25) is 11.0 Å². The number of piperidine rings is 1. The molecule has 0 aliphatic carbocycles. The molecule has 8 heteroatoms. The number of aromatic nitrogens is 2. The highest BCUT2D eigenvalue weighted by atomic mass is 32.2. The number of thioether (sulfide) groups is 1. The molecule has 1 amide bonds. The lowest BCUT2D eigenvalue weighted by Gasteiger charge is -2.33. The first-order valence-electron chi connectivity index (χ1n) is 8.33. The van der Waals surface area contributed by atoms with E-state index in [-0.39, 0.29) is 12.0 Å². The van der Waals surface area contributed by atoms with Gasteiger partial charge < -0.3 is 15.0 Å². The van der Waals surface area contributed by atoms with Crippen LogP contribution >= 0.6 is 23.1 Å². The summed E-state index contributed by atoms with van der Waals surface area (Å²) in [6, 6.07) is 0.370. The topological polar surface area (TPSA) is 67.4 Å². The van der Waals surface area contributed by atoms with Gasteiger partial charge in [0.25, 0.3) is 0 Å². The molecular formula is C15H24N4O2S2. The van der Waals surface area contributed by atoms with Crippen LogP contribution in [-0.4, -0.2) is 58.6 Å². The second kappa shape index (κ2) is 8.30. The lowest BCUT2D eigenvalue weighted by Crippen LogP contribution is -2.42. The van der Waals surface area contributed by atoms with Gasteiger partial charge in [-0.05, 0) is 39.0 Å². The third-order valence-electron chi connectivity index (χ3n) is 4.35. The molecule has 0 spiro atoms. The highest BCUT2D eigenvalue weighted by molar-refractivity contribution is 8.01. The highest BCUT2D eigenvalue weighted by Gasteiger charge is 2.23. The van der Waals surface area contributed by atoms with Crippen molar-refractivity contribution >= 4 is 34.1 Å². The van der Waals surface area contributed by atoms with Gasteiger partial charge in [0.15, 0.2) is 4.34 Å². The maximum Gasteiger partial charge on any atom is 0.233 e. The lowest BCUT2D eigenvalue weighted by molar-refractivity contribution is -0.131. The van der Waals surface area contributed by atoms with Crippen LogP contribution in [0.3, 0.4) is 0 Å². The van der Waals surface area contributed by atoms with Gasteiger partial charge in [-0.3, -0.25) is 4.79 Å². The zero-order chi connectivity index (χ0) is 16.1. The van der Waals surface area contributed by atoms with Crippen molar-refractivity contribution in [3.05, 3.63) is 0 Å². The third-order valence-corrected chi connectivity index (χ3v) is 6.35. The van der Waals surface area contributed by atoms with E-state index in [1.807, 2.05) is 4.90 Å². The van der Waals surface area contributed by atoms with Crippen molar-refractivity contribution in [1.29, 1.82) is 0 Å². The van der Waals surface area contributed by atoms with Gasteiger partial charge in [0.1, 0.15) is 0 Å². The number of amides is 1. The van der Waals surface area contributed by atoms with E-state index in [0.29, 0.717) is 11.8 Å². The largest absolute Gasteiger partial charge is 0.376 e. The number of nitrogens with zero attached hydrogens (tertiary/aromatic N) is 3. The minimum atomic E-state index is 0.214. The zero-order valence-electron chi connectivity index (χ0n) is 13.5. The summed E-state index contributed by atoms with van der Waals surface area (Å²) in [5.41, 5.74) is 0. The van der Waals surface area contributed by atoms with E-state index in [1.165, 1.54) is 29.5 Å². The fourth-order valence-electron chi connectivity index (χ4n) is 3.02. The molecule has 3 heterocycles. The Morgan fingerprint density at radius 3 is 3.09 bits per heavy atom. The van der Waals surface area contributed by atoms with E-state index >= 15 is 0 Å². The van der Waals surface area contributed by atoms with E-state index in [2.05, 4.69) is 22.4 Å². The summed E-state index contributed by atoms with van der Waals surface area (Å²) in [6.07, 6.45) is 6.01. The molecular weight excluding hydrogens is 332 g/mol. The van der Waals surface area contributed by atoms with Crippen molar-refractivity contribution in [2.24, 2.45) is 0 Å². The predicted octanol–water partition coefficient (Wildman–Crippen LogP) is 2.62. The molecule has 1 aromatic rings. The van der Waals surface area contributed by atoms with Crippen molar-refractivity contribution in [2.75, 3.05) is 30.8 Å². The molecule has 0 aromatic carbocycles. The van der Waals surface area contributed by atoms with Gasteiger partial charge in [-0.25, -0.2) is 0 Å². The van der Waals surface area contributed by atoms with Crippen molar-refractivity contribution < 1.29 is 9.53 Å². The Kier molecular flexibility index (Phi) is 6.13. The Hall–Kier alpha value is -0.860. The number of carbonyl (C=O) groups excluding carboxylic acids is 1. The molecule has 6 nitrogen and oxygen atoms in total. The van der Waals surface area contributed by atoms with Crippen molar-refractivity contribution in [1.82, 2.24) is 15.1 Å². The monoisotopic (exact) mass is 356 g/mol. The molecule has 1 N–H and O–H groups in total. The second-order valence-electron chi connectivity index (χ2n) is 6.11. The normalized spacial score (nSPS) is 24.8. The molecule has 2 fully saturated rings. The summed E-state index contributed by atoms with van der Waals surface area (Å²) in [6.45, 7) is 4.68. The molecule has 2 atom stereocenters. The first kappa shape index (κ1) is 17.0. The second-order valence-corrected chi connectivity index (χ2v) is 8.31. The van der Waals surface area contributed by atoms with Gasteiger partial charge in [-0.15, -0.1) is 10.2 Å². The van der Waals surface area contributed by atoms with Crippen LogP contribution in [0.1, 0.15) is 39.0 Å². The van der Waals surface area contributed by atoms with Gasteiger partial charge in [0, 0.05) is 25.7 Å². The molecule has 128 valence electrons. The summed E-state index contributed by atoms with van der Waals surface area (Å²) in [4.78, 5) is 14.3. The average molecular weight is 357 g/mol. The Balaban J connectivity index is 1.42. The maximum absolute atomic E-state index is 12.3. The quantitative estimate of drug-likeness (QED) is 0.791. The summed E-state index contributed by atoms with van der Waals surface area (Å²) in [5.74, 6) is 0.663. The summed E-state index contributed by atoms with van der Waals surface area (Å²) in [5, 5.41) is 12.4. The Morgan fingerprint density at radius 1 is 1.39 bits per heavy atom. The lowest BCUT2D eigenvalue weighted by atomic mass is 10.0. The highest BCUT2D eigenvalue weighted by Crippen LogP contribution is 2.27. The number of hydrogen-bond acceptors (Lipinski definition) is 7. The minimum Gasteiger partial charge on any atom is -0.376 e. The maximum atomic E-state index is 12.3. The number of carbonyl (C=O) groups is 1. The summed E-state index contributed by atoms with van der Waals surface area (Å²) >= 11 is 2.99. The molecule has 3 rings (SSSR count). The SMILES string of the molecule is C[C@@H]1CCCCN1C(=O)CSc1nnc(NC[C@H]2CCCO2)s1. The fourth-order valence-corrected chi connectivity index (χ4v) is 4.67. The molecule has 0 saturated carbocycles. The van der Waals surface area contributed by atoms with Crippen LogP contribution in [0.15, 0.2) is 4.34 Å². The molecule has 23 heavy (non-hydrogen) atoms. The Morgan fingerprint density at radius 2 is 2.30 bits per heavy atom. The van der Waals surface area contributed by atoms with Gasteiger partial charge in [0.05, 0.1) is 11.9 Å². The van der Waals surface area contributed by atoms with Crippen molar-refractivity contribution in [3.8, 4) is 0 Å². The molecule has 0 bridgehead atoms.